The Labute approximate surface area is 137 Å². The number of anilines is 1. The number of halogens is 2. The smallest absolute Gasteiger partial charge is 0.294 e. The average Bonchev–Trinajstić information content (AvgIpc) is 2.92. The molecule has 0 saturated carbocycles. The first-order chi connectivity index (χ1) is 11.6. The second kappa shape index (κ2) is 5.44. The number of nitrogens with zero attached hydrogens (tertiary/aromatic N) is 1. The van der Waals surface area contributed by atoms with Crippen LogP contribution in [0.15, 0.2) is 40.8 Å². The summed E-state index contributed by atoms with van der Waals surface area (Å²) < 4.78 is 32.9. The van der Waals surface area contributed by atoms with Crippen LogP contribution in [0.2, 0.25) is 0 Å². The molecule has 122 valence electrons. The Morgan fingerprint density at radius 3 is 2.83 bits per heavy atom. The molecule has 2 heterocycles. The Morgan fingerprint density at radius 2 is 2.04 bits per heavy atom. The Hall–Kier alpha value is -2.69. The van der Waals surface area contributed by atoms with Gasteiger partial charge in [0.25, 0.3) is 5.91 Å². The summed E-state index contributed by atoms with van der Waals surface area (Å²) in [6, 6.07) is 9.04. The molecule has 1 aliphatic heterocycles. The number of aryl methyl sites for hydroxylation is 2. The minimum atomic E-state index is -0.490. The van der Waals surface area contributed by atoms with Crippen LogP contribution in [0.1, 0.15) is 28.1 Å². The summed E-state index contributed by atoms with van der Waals surface area (Å²) in [5, 5.41) is 0.592. The van der Waals surface area contributed by atoms with Crippen molar-refractivity contribution in [3.63, 3.8) is 0 Å². The number of carbonyl (C=O) groups excluding carboxylic acids is 1. The third-order valence-electron chi connectivity index (χ3n) is 4.52. The van der Waals surface area contributed by atoms with Crippen LogP contribution >= 0.6 is 0 Å². The molecule has 1 amide bonds. The third-order valence-corrected chi connectivity index (χ3v) is 4.52. The second-order valence-corrected chi connectivity index (χ2v) is 6.01. The summed E-state index contributed by atoms with van der Waals surface area (Å²) in [7, 11) is 0. The van der Waals surface area contributed by atoms with Gasteiger partial charge in [-0.05, 0) is 49.6 Å². The van der Waals surface area contributed by atoms with Gasteiger partial charge in [-0.25, -0.2) is 8.78 Å². The van der Waals surface area contributed by atoms with Gasteiger partial charge in [-0.1, -0.05) is 12.1 Å². The molecule has 0 unspecified atom stereocenters. The molecular formula is C19H15F2NO2. The van der Waals surface area contributed by atoms with Crippen LogP contribution in [0.5, 0.6) is 0 Å². The van der Waals surface area contributed by atoms with Crippen molar-refractivity contribution >= 4 is 22.6 Å². The molecule has 5 heteroatoms. The van der Waals surface area contributed by atoms with Crippen LogP contribution in [-0.2, 0) is 6.42 Å². The lowest BCUT2D eigenvalue weighted by Gasteiger charge is -2.29. The zero-order valence-corrected chi connectivity index (χ0v) is 13.1. The standard InChI is InChI=1S/C19H15F2NO2/c1-11-14-5-2-6-15(21)18(14)24-17(11)19(23)22-9-3-4-12-10-13(20)7-8-16(12)22/h2,5-8,10H,3-4,9H2,1H3. The number of furan rings is 1. The Balaban J connectivity index is 1.81. The SMILES string of the molecule is Cc1c(C(=O)N2CCCc3cc(F)ccc32)oc2c(F)cccc12. The highest BCUT2D eigenvalue weighted by molar-refractivity contribution is 6.08. The summed E-state index contributed by atoms with van der Waals surface area (Å²) in [5.41, 5.74) is 2.20. The van der Waals surface area contributed by atoms with Gasteiger partial charge in [0, 0.05) is 23.2 Å². The molecule has 3 nitrogen and oxygen atoms in total. The molecule has 0 radical (unpaired) electrons. The van der Waals surface area contributed by atoms with Gasteiger partial charge < -0.3 is 9.32 Å². The number of benzene rings is 2. The summed E-state index contributed by atoms with van der Waals surface area (Å²) in [6.45, 7) is 2.27. The predicted octanol–water partition coefficient (Wildman–Crippen LogP) is 4.61. The van der Waals surface area contributed by atoms with Crippen molar-refractivity contribution in [2.24, 2.45) is 0 Å². The lowest BCUT2D eigenvalue weighted by Crippen LogP contribution is -2.35. The topological polar surface area (TPSA) is 33.5 Å². The van der Waals surface area contributed by atoms with E-state index in [9.17, 15) is 13.6 Å². The zero-order valence-electron chi connectivity index (χ0n) is 13.1. The Morgan fingerprint density at radius 1 is 1.21 bits per heavy atom. The summed E-state index contributed by atoms with van der Waals surface area (Å²) in [6.07, 6.45) is 1.47. The van der Waals surface area contributed by atoms with E-state index in [-0.39, 0.29) is 23.1 Å². The van der Waals surface area contributed by atoms with Crippen molar-refractivity contribution in [2.45, 2.75) is 19.8 Å². The van der Waals surface area contributed by atoms with Crippen LogP contribution < -0.4 is 4.90 Å². The van der Waals surface area contributed by atoms with Crippen LogP contribution in [0.3, 0.4) is 0 Å². The molecule has 0 saturated heterocycles. The van der Waals surface area contributed by atoms with E-state index in [0.29, 0.717) is 23.2 Å². The van der Waals surface area contributed by atoms with E-state index >= 15 is 0 Å². The molecule has 0 atom stereocenters. The minimum Gasteiger partial charge on any atom is -0.448 e. The first-order valence-corrected chi connectivity index (χ1v) is 7.84. The number of fused-ring (bicyclic) bond motifs is 2. The number of para-hydroxylation sites is 1. The molecule has 0 N–H and O–H groups in total. The summed E-state index contributed by atoms with van der Waals surface area (Å²) in [4.78, 5) is 14.5. The fourth-order valence-electron chi connectivity index (χ4n) is 3.31. The van der Waals surface area contributed by atoms with Gasteiger partial charge in [-0.2, -0.15) is 0 Å². The van der Waals surface area contributed by atoms with Gasteiger partial charge >= 0.3 is 0 Å². The number of hydrogen-bond acceptors (Lipinski definition) is 2. The van der Waals surface area contributed by atoms with Crippen LogP contribution in [-0.4, -0.2) is 12.5 Å². The Bertz CT molecular complexity index is 961. The van der Waals surface area contributed by atoms with Gasteiger partial charge in [-0.15, -0.1) is 0 Å². The quantitative estimate of drug-likeness (QED) is 0.654. The molecule has 0 spiro atoms. The van der Waals surface area contributed by atoms with Crippen molar-refractivity contribution in [3.8, 4) is 0 Å². The van der Waals surface area contributed by atoms with Crippen molar-refractivity contribution in [1.82, 2.24) is 0 Å². The fourth-order valence-corrected chi connectivity index (χ4v) is 3.31. The van der Waals surface area contributed by atoms with Crippen LogP contribution in [0.25, 0.3) is 11.0 Å². The molecule has 0 fully saturated rings. The van der Waals surface area contributed by atoms with E-state index in [4.69, 9.17) is 4.42 Å². The summed E-state index contributed by atoms with van der Waals surface area (Å²) in [5.74, 6) is -0.997. The molecule has 24 heavy (non-hydrogen) atoms. The number of rotatable bonds is 1. The van der Waals surface area contributed by atoms with Crippen molar-refractivity contribution in [1.29, 1.82) is 0 Å². The molecule has 0 bridgehead atoms. The van der Waals surface area contributed by atoms with Gasteiger partial charge in [0.1, 0.15) is 5.82 Å². The number of carbonyl (C=O) groups is 1. The first kappa shape index (κ1) is 14.9. The molecule has 1 aromatic heterocycles. The molecule has 0 aliphatic carbocycles. The third kappa shape index (κ3) is 2.19. The highest BCUT2D eigenvalue weighted by atomic mass is 19.1. The van der Waals surface area contributed by atoms with E-state index in [1.165, 1.54) is 18.2 Å². The van der Waals surface area contributed by atoms with Gasteiger partial charge in [0.05, 0.1) is 0 Å². The van der Waals surface area contributed by atoms with Gasteiger partial charge in [-0.3, -0.25) is 4.79 Å². The molecule has 1 aliphatic rings. The predicted molar refractivity (Wildman–Crippen MR) is 87.3 cm³/mol. The summed E-state index contributed by atoms with van der Waals surface area (Å²) >= 11 is 0. The maximum absolute atomic E-state index is 13.9. The van der Waals surface area contributed by atoms with Crippen molar-refractivity contribution in [3.05, 3.63) is 64.9 Å². The second-order valence-electron chi connectivity index (χ2n) is 6.01. The molecule has 4 rings (SSSR count). The van der Waals surface area contributed by atoms with Gasteiger partial charge in [0.15, 0.2) is 17.2 Å². The highest BCUT2D eigenvalue weighted by Crippen LogP contribution is 2.32. The van der Waals surface area contributed by atoms with Gasteiger partial charge in [0.2, 0.25) is 0 Å². The zero-order chi connectivity index (χ0) is 16.8. The fraction of sp³-hybridized carbons (Fsp3) is 0.211. The van der Waals surface area contributed by atoms with E-state index in [2.05, 4.69) is 0 Å². The lowest BCUT2D eigenvalue weighted by molar-refractivity contribution is 0.0959. The monoisotopic (exact) mass is 327 g/mol. The molecule has 3 aromatic rings. The molecular weight excluding hydrogens is 312 g/mol. The maximum atomic E-state index is 13.9. The van der Waals surface area contributed by atoms with Crippen molar-refractivity contribution < 1.29 is 18.0 Å². The highest BCUT2D eigenvalue weighted by Gasteiger charge is 2.28. The number of amides is 1. The van der Waals surface area contributed by atoms with Crippen LogP contribution in [0.4, 0.5) is 14.5 Å². The average molecular weight is 327 g/mol. The van der Waals surface area contributed by atoms with E-state index < -0.39 is 5.82 Å². The van der Waals surface area contributed by atoms with Crippen molar-refractivity contribution in [2.75, 3.05) is 11.4 Å². The van der Waals surface area contributed by atoms with E-state index in [0.717, 1.165) is 18.4 Å². The number of hydrogen-bond donors (Lipinski definition) is 0. The Kier molecular flexibility index (Phi) is 3.37. The first-order valence-electron chi connectivity index (χ1n) is 7.84. The largest absolute Gasteiger partial charge is 0.448 e. The van der Waals surface area contributed by atoms with E-state index in [1.807, 2.05) is 0 Å². The van der Waals surface area contributed by atoms with E-state index in [1.54, 1.807) is 30.0 Å². The maximum Gasteiger partial charge on any atom is 0.294 e. The lowest BCUT2D eigenvalue weighted by atomic mass is 10.0. The molecule has 2 aromatic carbocycles. The minimum absolute atomic E-state index is 0.0923. The van der Waals surface area contributed by atoms with Crippen LogP contribution in [0, 0.1) is 18.6 Å². The normalized spacial score (nSPS) is 14.0.